The van der Waals surface area contributed by atoms with Gasteiger partial charge in [-0.15, -0.1) is 0 Å². The van der Waals surface area contributed by atoms with Crippen LogP contribution in [0.2, 0.25) is 0 Å². The van der Waals surface area contributed by atoms with Crippen LogP contribution >= 0.6 is 0 Å². The second-order valence-corrected chi connectivity index (χ2v) is 16.6. The van der Waals surface area contributed by atoms with Gasteiger partial charge in [0.05, 0.1) is 0 Å². The molecule has 0 fully saturated rings. The fourth-order valence-corrected chi connectivity index (χ4v) is 11.6. The van der Waals surface area contributed by atoms with E-state index in [4.69, 9.17) is 0 Å². The van der Waals surface area contributed by atoms with Gasteiger partial charge in [0, 0.05) is 0 Å². The minimum atomic E-state index is 0.175. The Morgan fingerprint density at radius 2 is 0.490 bits per heavy atom. The van der Waals surface area contributed by atoms with Crippen molar-refractivity contribution in [1.29, 1.82) is 0 Å². The van der Waals surface area contributed by atoms with Crippen molar-refractivity contribution in [2.24, 2.45) is 0 Å². The van der Waals surface area contributed by atoms with Crippen LogP contribution in [0.25, 0.3) is 33.4 Å². The lowest BCUT2D eigenvalue weighted by Crippen LogP contribution is -2.64. The Bertz CT molecular complexity index is 2380. The number of hydrogen-bond donors (Lipinski definition) is 0. The van der Waals surface area contributed by atoms with Crippen LogP contribution in [-0.2, 0) is 0 Å². The molecule has 4 heterocycles. The lowest BCUT2D eigenvalue weighted by molar-refractivity contribution is 1.24. The van der Waals surface area contributed by atoms with Crippen LogP contribution in [0.5, 0.6) is 0 Å². The Balaban J connectivity index is 1.48. The Labute approximate surface area is 306 Å². The SMILES string of the molecule is Cc1c(C)c(C)c2c(c1C)B1c3cccc4c3B(c3cccc5c3B(c3cccc-2c31)c1c(C)c(C)c(C)c(C)c1-5)c1c(C)c(C)c(C)c(C)c1-4. The molecule has 0 saturated carbocycles. The molecule has 0 saturated heterocycles. The van der Waals surface area contributed by atoms with E-state index in [0.717, 1.165) is 0 Å². The van der Waals surface area contributed by atoms with Crippen molar-refractivity contribution in [2.45, 2.75) is 83.1 Å². The van der Waals surface area contributed by atoms with Crippen LogP contribution in [0, 0.1) is 83.1 Å². The molecule has 0 aromatic heterocycles. The van der Waals surface area contributed by atoms with Gasteiger partial charge in [0.25, 0.3) is 0 Å². The van der Waals surface area contributed by atoms with Crippen LogP contribution in [0.4, 0.5) is 0 Å². The van der Waals surface area contributed by atoms with E-state index in [1.165, 1.54) is 117 Å². The van der Waals surface area contributed by atoms with Crippen LogP contribution < -0.4 is 49.2 Å². The number of fused-ring (bicyclic) bond motifs is 12. The molecule has 246 valence electrons. The molecule has 0 atom stereocenters. The summed E-state index contributed by atoms with van der Waals surface area (Å²) in [5.41, 5.74) is 40.0. The molecule has 0 nitrogen and oxygen atoms in total. The summed E-state index contributed by atoms with van der Waals surface area (Å²) in [5, 5.41) is 0. The number of hydrogen-bond acceptors (Lipinski definition) is 0. The predicted molar refractivity (Wildman–Crippen MR) is 226 cm³/mol. The summed E-state index contributed by atoms with van der Waals surface area (Å²) in [6, 6.07) is 22.0. The Kier molecular flexibility index (Phi) is 6.19. The third-order valence-corrected chi connectivity index (χ3v) is 15.1. The third kappa shape index (κ3) is 3.47. The van der Waals surface area contributed by atoms with Gasteiger partial charge in [-0.1, -0.05) is 120 Å². The zero-order valence-electron chi connectivity index (χ0n) is 32.4. The third-order valence-electron chi connectivity index (χ3n) is 15.1. The zero-order valence-corrected chi connectivity index (χ0v) is 32.4. The minimum absolute atomic E-state index is 0.175. The molecule has 4 aliphatic heterocycles. The van der Waals surface area contributed by atoms with E-state index in [2.05, 4.69) is 138 Å². The van der Waals surface area contributed by atoms with Crippen molar-refractivity contribution < 1.29 is 0 Å². The molecule has 6 aromatic rings. The molecule has 0 spiro atoms. The van der Waals surface area contributed by atoms with E-state index in [1.54, 1.807) is 32.8 Å². The average molecular weight is 654 g/mol. The topological polar surface area (TPSA) is 0 Å². The largest absolute Gasteiger partial charge is 0.241 e. The fraction of sp³-hybridized carbons (Fsp3) is 0.250. The van der Waals surface area contributed by atoms with Crippen LogP contribution in [0.15, 0.2) is 54.6 Å². The molecule has 0 radical (unpaired) electrons. The van der Waals surface area contributed by atoms with Gasteiger partial charge in [-0.2, -0.15) is 0 Å². The van der Waals surface area contributed by atoms with Gasteiger partial charge in [0.15, 0.2) is 0 Å². The minimum Gasteiger partial charge on any atom is -0.0726 e. The lowest BCUT2D eigenvalue weighted by atomic mass is 9.30. The summed E-state index contributed by atoms with van der Waals surface area (Å²) < 4.78 is 0. The van der Waals surface area contributed by atoms with Gasteiger partial charge in [0.1, 0.15) is 0 Å². The molecular weight excluding hydrogens is 609 g/mol. The first-order valence-corrected chi connectivity index (χ1v) is 19.1. The van der Waals surface area contributed by atoms with Gasteiger partial charge >= 0.3 is 0 Å². The normalized spacial score (nSPS) is 13.8. The van der Waals surface area contributed by atoms with E-state index in [0.29, 0.717) is 0 Å². The molecular formula is C48H45B3. The lowest BCUT2D eigenvalue weighted by Gasteiger charge is -2.23. The van der Waals surface area contributed by atoms with E-state index in [-0.39, 0.29) is 20.1 Å². The monoisotopic (exact) mass is 654 g/mol. The van der Waals surface area contributed by atoms with Gasteiger partial charge in [-0.25, -0.2) is 0 Å². The van der Waals surface area contributed by atoms with Crippen molar-refractivity contribution >= 4 is 69.3 Å². The molecule has 10 rings (SSSR count). The smallest absolute Gasteiger partial charge is 0.0726 e. The second-order valence-electron chi connectivity index (χ2n) is 16.6. The molecule has 0 amide bonds. The molecule has 51 heavy (non-hydrogen) atoms. The summed E-state index contributed by atoms with van der Waals surface area (Å²) in [6.45, 7) is 29.0. The highest BCUT2D eigenvalue weighted by Gasteiger charge is 2.51. The van der Waals surface area contributed by atoms with Crippen LogP contribution in [-0.4, -0.2) is 20.1 Å². The van der Waals surface area contributed by atoms with Gasteiger partial charge < -0.3 is 0 Å². The Morgan fingerprint density at radius 3 is 0.745 bits per heavy atom. The fourth-order valence-electron chi connectivity index (χ4n) is 11.6. The molecule has 0 N–H and O–H groups in total. The Hall–Kier alpha value is -4.49. The Morgan fingerprint density at radius 1 is 0.255 bits per heavy atom. The maximum absolute atomic E-state index is 2.51. The standard InChI is InChI=1S/C48H45B3/c1-22-25(4)31(10)43-40(28(22)7)34-16-13-19-37-46(34)49(43)38-20-14-17-35-41-29(8)24(3)27(6)33(12)45(41)51(47(35)38)39-21-15-18-36-42-30(9)23(2)26(5)32(11)44(42)50(37)48(36)39/h13-21H,1-12H3. The summed E-state index contributed by atoms with van der Waals surface area (Å²) in [4.78, 5) is 0. The van der Waals surface area contributed by atoms with Crippen molar-refractivity contribution in [2.75, 3.05) is 0 Å². The first kappa shape index (κ1) is 31.3. The van der Waals surface area contributed by atoms with Crippen molar-refractivity contribution in [3.63, 3.8) is 0 Å². The summed E-state index contributed by atoms with van der Waals surface area (Å²) in [6.07, 6.45) is 0. The van der Waals surface area contributed by atoms with Crippen molar-refractivity contribution in [3.8, 4) is 33.4 Å². The van der Waals surface area contributed by atoms with E-state index < -0.39 is 0 Å². The first-order valence-electron chi connectivity index (χ1n) is 19.1. The quantitative estimate of drug-likeness (QED) is 0.198. The highest BCUT2D eigenvalue weighted by molar-refractivity contribution is 7.15. The number of rotatable bonds is 0. The highest BCUT2D eigenvalue weighted by atomic mass is 14.3. The average Bonchev–Trinajstić information content (AvgIpc) is 3.79. The highest BCUT2D eigenvalue weighted by Crippen LogP contribution is 2.37. The molecule has 3 heteroatoms. The van der Waals surface area contributed by atoms with Gasteiger partial charge in [-0.05, 0) is 167 Å². The summed E-state index contributed by atoms with van der Waals surface area (Å²) in [7, 11) is 0. The maximum Gasteiger partial charge on any atom is 0.241 e. The molecule has 0 bridgehead atoms. The first-order chi connectivity index (χ1) is 24.4. The van der Waals surface area contributed by atoms with Crippen molar-refractivity contribution in [3.05, 3.63) is 121 Å². The van der Waals surface area contributed by atoms with E-state index >= 15 is 0 Å². The van der Waals surface area contributed by atoms with Gasteiger partial charge in [-0.3, -0.25) is 0 Å². The summed E-state index contributed by atoms with van der Waals surface area (Å²) >= 11 is 0. The maximum atomic E-state index is 2.51. The zero-order chi connectivity index (χ0) is 35.7. The molecule has 4 aliphatic rings. The number of benzene rings is 6. The predicted octanol–water partition coefficient (Wildman–Crippen LogP) is 5.19. The molecule has 0 unspecified atom stereocenters. The van der Waals surface area contributed by atoms with Crippen LogP contribution in [0.3, 0.4) is 0 Å². The second kappa shape index (κ2) is 10.1. The molecule has 6 aromatic carbocycles. The van der Waals surface area contributed by atoms with Gasteiger partial charge in [0.2, 0.25) is 20.1 Å². The van der Waals surface area contributed by atoms with Crippen LogP contribution in [0.1, 0.15) is 66.8 Å². The molecule has 0 aliphatic carbocycles. The van der Waals surface area contributed by atoms with Crippen molar-refractivity contribution in [1.82, 2.24) is 0 Å². The van der Waals surface area contributed by atoms with E-state index in [9.17, 15) is 0 Å². The van der Waals surface area contributed by atoms with E-state index in [1.807, 2.05) is 0 Å². The summed E-state index contributed by atoms with van der Waals surface area (Å²) in [5.74, 6) is 0.